The number of rotatable bonds is 6. The fraction of sp³-hybridized carbons (Fsp3) is 0.286. The van der Waals surface area contributed by atoms with Crippen LogP contribution in [0.5, 0.6) is 5.88 Å². The Bertz CT molecular complexity index is 563. The molecule has 0 saturated heterocycles. The number of hydrogen-bond donors (Lipinski definition) is 1. The third kappa shape index (κ3) is 3.28. The van der Waals surface area contributed by atoms with Crippen molar-refractivity contribution in [2.45, 2.75) is 13.5 Å². The first-order chi connectivity index (χ1) is 9.74. The Morgan fingerprint density at radius 1 is 1.40 bits per heavy atom. The first kappa shape index (κ1) is 13.9. The summed E-state index contributed by atoms with van der Waals surface area (Å²) in [5.74, 6) is 0.298. The molecule has 0 radical (unpaired) electrons. The van der Waals surface area contributed by atoms with E-state index >= 15 is 0 Å². The van der Waals surface area contributed by atoms with E-state index in [9.17, 15) is 4.79 Å². The summed E-state index contributed by atoms with van der Waals surface area (Å²) in [7, 11) is 1.32. The van der Waals surface area contributed by atoms with E-state index in [1.54, 1.807) is 18.3 Å². The quantitative estimate of drug-likeness (QED) is 0.817. The fourth-order valence-corrected chi connectivity index (χ4v) is 1.66. The van der Waals surface area contributed by atoms with Crippen LogP contribution >= 0.6 is 0 Å². The van der Waals surface area contributed by atoms with Crippen molar-refractivity contribution in [3.05, 3.63) is 42.0 Å². The van der Waals surface area contributed by atoms with Crippen molar-refractivity contribution in [2.24, 2.45) is 0 Å². The predicted molar refractivity (Wildman–Crippen MR) is 72.8 cm³/mol. The molecule has 0 amide bonds. The van der Waals surface area contributed by atoms with E-state index in [0.29, 0.717) is 19.0 Å². The maximum Gasteiger partial charge on any atom is 0.374 e. The summed E-state index contributed by atoms with van der Waals surface area (Å²) >= 11 is 0. The molecule has 0 aliphatic heterocycles. The summed E-state index contributed by atoms with van der Waals surface area (Å²) in [6.07, 6.45) is 3.13. The van der Waals surface area contributed by atoms with Crippen molar-refractivity contribution in [1.82, 2.24) is 4.98 Å². The summed E-state index contributed by atoms with van der Waals surface area (Å²) in [5.41, 5.74) is 1.55. The molecule has 1 N–H and O–H groups in total. The molecule has 6 nitrogen and oxygen atoms in total. The minimum absolute atomic E-state index is 0.207. The van der Waals surface area contributed by atoms with Gasteiger partial charge in [0.1, 0.15) is 0 Å². The smallest absolute Gasteiger partial charge is 0.374 e. The molecule has 6 heteroatoms. The van der Waals surface area contributed by atoms with E-state index in [4.69, 9.17) is 9.15 Å². The van der Waals surface area contributed by atoms with Crippen LogP contribution in [0.25, 0.3) is 0 Å². The van der Waals surface area contributed by atoms with E-state index in [2.05, 4.69) is 15.0 Å². The molecule has 0 atom stereocenters. The second-order valence-electron chi connectivity index (χ2n) is 3.94. The van der Waals surface area contributed by atoms with Crippen molar-refractivity contribution < 1.29 is 18.7 Å². The molecule has 0 unspecified atom stereocenters. The van der Waals surface area contributed by atoms with Gasteiger partial charge in [0.15, 0.2) is 0 Å². The van der Waals surface area contributed by atoms with Gasteiger partial charge in [-0.15, -0.1) is 0 Å². The molecule has 106 valence electrons. The number of pyridine rings is 1. The zero-order valence-corrected chi connectivity index (χ0v) is 11.4. The summed E-state index contributed by atoms with van der Waals surface area (Å²) in [6.45, 7) is 2.93. The fourth-order valence-electron chi connectivity index (χ4n) is 1.66. The van der Waals surface area contributed by atoms with Crippen molar-refractivity contribution in [1.29, 1.82) is 0 Å². The number of nitrogens with one attached hydrogen (secondary N) is 1. The van der Waals surface area contributed by atoms with Crippen LogP contribution in [0.4, 0.5) is 5.69 Å². The summed E-state index contributed by atoms with van der Waals surface area (Å²) < 4.78 is 15.0. The topological polar surface area (TPSA) is 73.6 Å². The van der Waals surface area contributed by atoms with Crippen molar-refractivity contribution >= 4 is 11.7 Å². The second kappa shape index (κ2) is 6.60. The van der Waals surface area contributed by atoms with Gasteiger partial charge in [0.2, 0.25) is 11.6 Å². The molecule has 0 fully saturated rings. The molecule has 0 spiro atoms. The Balaban J connectivity index is 1.98. The normalized spacial score (nSPS) is 10.1. The Kier molecular flexibility index (Phi) is 4.60. The summed E-state index contributed by atoms with van der Waals surface area (Å²) in [5, 5.41) is 3.15. The number of anilines is 1. The Labute approximate surface area is 116 Å². The average molecular weight is 276 g/mol. The third-order valence-corrected chi connectivity index (χ3v) is 2.63. The molecule has 0 bridgehead atoms. The zero-order chi connectivity index (χ0) is 14.4. The standard InChI is InChI=1S/C14H16N2O4/c1-3-19-12-5-4-11(9-16-12)15-8-10-6-7-20-13(10)14(17)18-2/h4-7,9,15H,3,8H2,1-2H3. The lowest BCUT2D eigenvalue weighted by Gasteiger charge is -2.07. The van der Waals surface area contributed by atoms with Crippen LogP contribution < -0.4 is 10.1 Å². The van der Waals surface area contributed by atoms with Gasteiger partial charge in [-0.1, -0.05) is 0 Å². The highest BCUT2D eigenvalue weighted by Gasteiger charge is 2.15. The molecule has 0 saturated carbocycles. The number of nitrogens with zero attached hydrogens (tertiary/aromatic N) is 1. The second-order valence-corrected chi connectivity index (χ2v) is 3.94. The highest BCUT2D eigenvalue weighted by Crippen LogP contribution is 2.16. The summed E-state index contributed by atoms with van der Waals surface area (Å²) in [6, 6.07) is 5.36. The van der Waals surface area contributed by atoms with Crippen LogP contribution in [0.3, 0.4) is 0 Å². The third-order valence-electron chi connectivity index (χ3n) is 2.63. The number of hydrogen-bond acceptors (Lipinski definition) is 6. The minimum Gasteiger partial charge on any atom is -0.478 e. The van der Waals surface area contributed by atoms with Crippen molar-refractivity contribution in [3.8, 4) is 5.88 Å². The van der Waals surface area contributed by atoms with Gasteiger partial charge in [0.05, 0.1) is 31.9 Å². The number of methoxy groups -OCH3 is 1. The van der Waals surface area contributed by atoms with Crippen LogP contribution in [-0.4, -0.2) is 24.7 Å². The van der Waals surface area contributed by atoms with Gasteiger partial charge < -0.3 is 19.2 Å². The van der Waals surface area contributed by atoms with Gasteiger partial charge in [-0.25, -0.2) is 9.78 Å². The monoisotopic (exact) mass is 276 g/mol. The number of ether oxygens (including phenoxy) is 2. The van der Waals surface area contributed by atoms with Gasteiger partial charge in [0.25, 0.3) is 0 Å². The molecular formula is C14H16N2O4. The summed E-state index contributed by atoms with van der Waals surface area (Å²) in [4.78, 5) is 15.6. The first-order valence-electron chi connectivity index (χ1n) is 6.22. The lowest BCUT2D eigenvalue weighted by molar-refractivity contribution is 0.0563. The van der Waals surface area contributed by atoms with E-state index in [0.717, 1.165) is 11.3 Å². The molecule has 2 aromatic rings. The number of carbonyl (C=O) groups excluding carboxylic acids is 1. The van der Waals surface area contributed by atoms with Gasteiger partial charge in [0, 0.05) is 18.2 Å². The van der Waals surface area contributed by atoms with E-state index in [1.165, 1.54) is 13.4 Å². The van der Waals surface area contributed by atoms with E-state index in [-0.39, 0.29) is 5.76 Å². The molecule has 20 heavy (non-hydrogen) atoms. The molecule has 0 aliphatic rings. The van der Waals surface area contributed by atoms with Crippen LogP contribution in [0, 0.1) is 0 Å². The molecular weight excluding hydrogens is 260 g/mol. The Morgan fingerprint density at radius 3 is 2.90 bits per heavy atom. The van der Waals surface area contributed by atoms with Gasteiger partial charge in [-0.2, -0.15) is 0 Å². The average Bonchev–Trinajstić information content (AvgIpc) is 2.94. The lowest BCUT2D eigenvalue weighted by atomic mass is 10.2. The van der Waals surface area contributed by atoms with Gasteiger partial charge in [-0.3, -0.25) is 0 Å². The number of furan rings is 1. The Hall–Kier alpha value is -2.50. The van der Waals surface area contributed by atoms with Gasteiger partial charge >= 0.3 is 5.97 Å². The highest BCUT2D eigenvalue weighted by atomic mass is 16.5. The predicted octanol–water partition coefficient (Wildman–Crippen LogP) is 2.47. The van der Waals surface area contributed by atoms with Crippen LogP contribution in [-0.2, 0) is 11.3 Å². The zero-order valence-electron chi connectivity index (χ0n) is 11.4. The number of carbonyl (C=O) groups is 1. The van der Waals surface area contributed by atoms with Crippen LogP contribution in [0.2, 0.25) is 0 Å². The SMILES string of the molecule is CCOc1ccc(NCc2ccoc2C(=O)OC)cn1. The Morgan fingerprint density at radius 2 is 2.25 bits per heavy atom. The van der Waals surface area contributed by atoms with Crippen molar-refractivity contribution in [3.63, 3.8) is 0 Å². The minimum atomic E-state index is -0.489. The number of esters is 1. The highest BCUT2D eigenvalue weighted by molar-refractivity contribution is 5.87. The maximum absolute atomic E-state index is 11.5. The molecule has 2 rings (SSSR count). The van der Waals surface area contributed by atoms with Crippen molar-refractivity contribution in [2.75, 3.05) is 19.0 Å². The maximum atomic E-state index is 11.5. The van der Waals surface area contributed by atoms with E-state index < -0.39 is 5.97 Å². The lowest BCUT2D eigenvalue weighted by Crippen LogP contribution is -2.07. The first-order valence-corrected chi connectivity index (χ1v) is 6.22. The molecule has 2 heterocycles. The molecule has 0 aromatic carbocycles. The largest absolute Gasteiger partial charge is 0.478 e. The molecule has 2 aromatic heterocycles. The van der Waals surface area contributed by atoms with Crippen LogP contribution in [0.1, 0.15) is 23.0 Å². The molecule has 0 aliphatic carbocycles. The van der Waals surface area contributed by atoms with Crippen LogP contribution in [0.15, 0.2) is 35.1 Å². The number of aromatic nitrogens is 1. The van der Waals surface area contributed by atoms with E-state index in [1.807, 2.05) is 13.0 Å². The van der Waals surface area contributed by atoms with Gasteiger partial charge in [-0.05, 0) is 19.1 Å².